The molecule has 0 fully saturated rings. The van der Waals surface area contributed by atoms with Gasteiger partial charge < -0.3 is 14.2 Å². The van der Waals surface area contributed by atoms with E-state index in [0.29, 0.717) is 23.7 Å². The second-order valence-electron chi connectivity index (χ2n) is 3.77. The number of rotatable bonds is 3. The van der Waals surface area contributed by atoms with Crippen molar-refractivity contribution in [2.24, 2.45) is 0 Å². The third-order valence-corrected chi connectivity index (χ3v) is 2.75. The summed E-state index contributed by atoms with van der Waals surface area (Å²) in [4.78, 5) is 10.4. The van der Waals surface area contributed by atoms with Crippen molar-refractivity contribution in [3.05, 3.63) is 27.8 Å². The molecule has 1 unspecified atom stereocenters. The number of nitro groups is 1. The number of hydrogen-bond donors (Lipinski definition) is 0. The zero-order valence-electron chi connectivity index (χ0n) is 9.63. The molecule has 1 aromatic rings. The van der Waals surface area contributed by atoms with E-state index in [0.717, 1.165) is 5.56 Å². The molecule has 0 amide bonds. The molecule has 0 aliphatic carbocycles. The summed E-state index contributed by atoms with van der Waals surface area (Å²) in [6, 6.07) is 2.73. The lowest BCUT2D eigenvalue weighted by molar-refractivity contribution is -0.525. The minimum Gasteiger partial charge on any atom is -0.493 e. The van der Waals surface area contributed by atoms with Crippen molar-refractivity contribution in [2.75, 3.05) is 20.8 Å². The van der Waals surface area contributed by atoms with Crippen LogP contribution in [0.5, 0.6) is 17.2 Å². The molecule has 6 nitrogen and oxygen atoms in total. The molecule has 1 aromatic carbocycles. The first kappa shape index (κ1) is 11.5. The number of fused-ring (bicyclic) bond motifs is 1. The van der Waals surface area contributed by atoms with Crippen LogP contribution in [-0.2, 0) is 6.42 Å². The predicted octanol–water partition coefficient (Wildman–Crippen LogP) is 1.28. The maximum Gasteiger partial charge on any atom is 0.250 e. The van der Waals surface area contributed by atoms with Crippen LogP contribution in [0, 0.1) is 10.1 Å². The molecule has 92 valence electrons. The molecule has 1 aliphatic rings. The van der Waals surface area contributed by atoms with E-state index in [4.69, 9.17) is 14.2 Å². The second-order valence-corrected chi connectivity index (χ2v) is 3.77. The van der Waals surface area contributed by atoms with Crippen molar-refractivity contribution in [3.63, 3.8) is 0 Å². The van der Waals surface area contributed by atoms with Crippen LogP contribution in [0.4, 0.5) is 0 Å². The summed E-state index contributed by atoms with van der Waals surface area (Å²) < 4.78 is 15.6. The van der Waals surface area contributed by atoms with E-state index in [1.165, 1.54) is 14.2 Å². The summed E-state index contributed by atoms with van der Waals surface area (Å²) in [7, 11) is 3.06. The van der Waals surface area contributed by atoms with E-state index < -0.39 is 6.04 Å². The average Bonchev–Trinajstić information content (AvgIpc) is 2.36. The lowest BCUT2D eigenvalue weighted by atomic mass is 10.0. The Morgan fingerprint density at radius 2 is 2.00 bits per heavy atom. The van der Waals surface area contributed by atoms with Crippen LogP contribution in [0.3, 0.4) is 0 Å². The first-order valence-corrected chi connectivity index (χ1v) is 5.17. The van der Waals surface area contributed by atoms with Crippen LogP contribution in [0.25, 0.3) is 0 Å². The molecular formula is C11H13NO5. The van der Waals surface area contributed by atoms with Crippen LogP contribution in [0.1, 0.15) is 5.56 Å². The Balaban J connectivity index is 2.35. The van der Waals surface area contributed by atoms with Gasteiger partial charge in [0.05, 0.1) is 14.2 Å². The summed E-state index contributed by atoms with van der Waals surface area (Å²) in [5.41, 5.74) is 0.774. The Morgan fingerprint density at radius 1 is 1.35 bits per heavy atom. The fourth-order valence-corrected chi connectivity index (χ4v) is 1.83. The summed E-state index contributed by atoms with van der Waals surface area (Å²) in [5, 5.41) is 10.7. The number of nitrogens with zero attached hydrogens (tertiary/aromatic N) is 1. The van der Waals surface area contributed by atoms with E-state index in [1.54, 1.807) is 12.1 Å². The number of benzene rings is 1. The SMILES string of the molecule is COc1cc2c(cc1OC)OCC([N+](=O)[O-])C2. The highest BCUT2D eigenvalue weighted by Crippen LogP contribution is 2.37. The Bertz CT molecular complexity index is 446. The van der Waals surface area contributed by atoms with Crippen molar-refractivity contribution in [2.45, 2.75) is 12.5 Å². The zero-order chi connectivity index (χ0) is 12.4. The molecule has 0 saturated carbocycles. The molecule has 0 bridgehead atoms. The first-order chi connectivity index (χ1) is 8.15. The van der Waals surface area contributed by atoms with E-state index in [9.17, 15) is 10.1 Å². The van der Waals surface area contributed by atoms with Gasteiger partial charge in [0.15, 0.2) is 18.1 Å². The normalized spacial score (nSPS) is 17.9. The standard InChI is InChI=1S/C11H13NO5/c1-15-10-4-7-3-8(12(13)14)6-17-9(7)5-11(10)16-2/h4-5,8H,3,6H2,1-2H3. The smallest absolute Gasteiger partial charge is 0.250 e. The van der Waals surface area contributed by atoms with Gasteiger partial charge in [-0.3, -0.25) is 10.1 Å². The molecule has 1 aliphatic heterocycles. The van der Waals surface area contributed by atoms with E-state index in [-0.39, 0.29) is 11.5 Å². The zero-order valence-corrected chi connectivity index (χ0v) is 9.63. The van der Waals surface area contributed by atoms with Gasteiger partial charge in [-0.25, -0.2) is 0 Å². The van der Waals surface area contributed by atoms with Crippen LogP contribution in [0.15, 0.2) is 12.1 Å². The van der Waals surface area contributed by atoms with Crippen LogP contribution in [-0.4, -0.2) is 31.8 Å². The van der Waals surface area contributed by atoms with Gasteiger partial charge in [-0.05, 0) is 6.07 Å². The fraction of sp³-hybridized carbons (Fsp3) is 0.455. The van der Waals surface area contributed by atoms with Crippen molar-refractivity contribution in [3.8, 4) is 17.2 Å². The highest BCUT2D eigenvalue weighted by Gasteiger charge is 2.29. The molecule has 17 heavy (non-hydrogen) atoms. The number of methoxy groups -OCH3 is 2. The lowest BCUT2D eigenvalue weighted by Gasteiger charge is -2.21. The van der Waals surface area contributed by atoms with Crippen molar-refractivity contribution in [1.29, 1.82) is 0 Å². The van der Waals surface area contributed by atoms with Gasteiger partial charge in [0, 0.05) is 23.0 Å². The summed E-state index contributed by atoms with van der Waals surface area (Å²) >= 11 is 0. The number of hydrogen-bond acceptors (Lipinski definition) is 5. The molecule has 1 atom stereocenters. The summed E-state index contributed by atoms with van der Waals surface area (Å²) in [6.07, 6.45) is 0.350. The molecule has 0 aromatic heterocycles. The van der Waals surface area contributed by atoms with E-state index in [1.807, 2.05) is 0 Å². The van der Waals surface area contributed by atoms with Crippen molar-refractivity contribution in [1.82, 2.24) is 0 Å². The first-order valence-electron chi connectivity index (χ1n) is 5.17. The molecule has 6 heteroatoms. The molecule has 2 rings (SSSR count). The maximum absolute atomic E-state index is 10.7. The van der Waals surface area contributed by atoms with Crippen LogP contribution < -0.4 is 14.2 Å². The Hall–Kier alpha value is -1.98. The maximum atomic E-state index is 10.7. The monoisotopic (exact) mass is 239 g/mol. The molecule has 0 saturated heterocycles. The highest BCUT2D eigenvalue weighted by molar-refractivity contribution is 5.51. The van der Waals surface area contributed by atoms with Crippen LogP contribution >= 0.6 is 0 Å². The Morgan fingerprint density at radius 3 is 2.59 bits per heavy atom. The van der Waals surface area contributed by atoms with Crippen molar-refractivity contribution < 1.29 is 19.1 Å². The Kier molecular flexibility index (Phi) is 3.03. The third kappa shape index (κ3) is 2.11. The van der Waals surface area contributed by atoms with Gasteiger partial charge in [-0.15, -0.1) is 0 Å². The largest absolute Gasteiger partial charge is 0.493 e. The minimum absolute atomic E-state index is 0.0927. The average molecular weight is 239 g/mol. The minimum atomic E-state index is -0.694. The molecule has 0 N–H and O–H groups in total. The highest BCUT2D eigenvalue weighted by atomic mass is 16.6. The summed E-state index contributed by atoms with van der Waals surface area (Å²) in [5.74, 6) is 1.74. The van der Waals surface area contributed by atoms with E-state index >= 15 is 0 Å². The van der Waals surface area contributed by atoms with Gasteiger partial charge in [0.1, 0.15) is 5.75 Å². The molecule has 0 spiro atoms. The Labute approximate surface area is 98.2 Å². The van der Waals surface area contributed by atoms with Gasteiger partial charge in [-0.1, -0.05) is 0 Å². The van der Waals surface area contributed by atoms with E-state index in [2.05, 4.69) is 0 Å². The van der Waals surface area contributed by atoms with Gasteiger partial charge in [-0.2, -0.15) is 0 Å². The second kappa shape index (κ2) is 4.48. The fourth-order valence-electron chi connectivity index (χ4n) is 1.83. The lowest BCUT2D eigenvalue weighted by Crippen LogP contribution is -2.33. The molecule has 1 heterocycles. The molecule has 0 radical (unpaired) electrons. The van der Waals surface area contributed by atoms with Gasteiger partial charge in [0.2, 0.25) is 0 Å². The predicted molar refractivity (Wildman–Crippen MR) is 59.5 cm³/mol. The quantitative estimate of drug-likeness (QED) is 0.587. The van der Waals surface area contributed by atoms with Crippen LogP contribution in [0.2, 0.25) is 0 Å². The summed E-state index contributed by atoms with van der Waals surface area (Å²) in [6.45, 7) is 0.0927. The molecular weight excluding hydrogens is 226 g/mol. The topological polar surface area (TPSA) is 70.8 Å². The number of ether oxygens (including phenoxy) is 3. The third-order valence-electron chi connectivity index (χ3n) is 2.75. The van der Waals surface area contributed by atoms with Gasteiger partial charge in [0.25, 0.3) is 6.04 Å². The van der Waals surface area contributed by atoms with Crippen molar-refractivity contribution >= 4 is 0 Å². The van der Waals surface area contributed by atoms with Gasteiger partial charge >= 0.3 is 0 Å².